The minimum Gasteiger partial charge on any atom is -0.478 e. The van der Waals surface area contributed by atoms with E-state index in [0.29, 0.717) is 6.07 Å². The summed E-state index contributed by atoms with van der Waals surface area (Å²) in [6, 6.07) is 8.97. The minimum atomic E-state index is -5.16. The molecule has 0 aromatic heterocycles. The molecule has 0 amide bonds. The maximum atomic E-state index is 14.0. The number of carboxylic acids is 1. The first-order valence-corrected chi connectivity index (χ1v) is 8.98. The third kappa shape index (κ3) is 3.96. The summed E-state index contributed by atoms with van der Waals surface area (Å²) in [7, 11) is -5.16. The zero-order valence-electron chi connectivity index (χ0n) is 16.9. The van der Waals surface area contributed by atoms with Gasteiger partial charge >= 0.3 is 16.1 Å². The Balaban J connectivity index is 1.94. The summed E-state index contributed by atoms with van der Waals surface area (Å²) < 4.78 is 72.7. The number of halogens is 1. The van der Waals surface area contributed by atoms with Gasteiger partial charge in [0.2, 0.25) is 17.4 Å². The number of carbonyl (C=O) groups excluding carboxylic acids is 1. The lowest BCUT2D eigenvalue weighted by Crippen LogP contribution is -2.16. The summed E-state index contributed by atoms with van der Waals surface area (Å²) >= 11 is 0. The zero-order valence-corrected chi connectivity index (χ0v) is 14.7. The van der Waals surface area contributed by atoms with Crippen molar-refractivity contribution >= 4 is 21.9 Å². The molecule has 8 nitrogen and oxygen atoms in total. The van der Waals surface area contributed by atoms with Gasteiger partial charge < -0.3 is 19.8 Å². The molecule has 0 aliphatic carbocycles. The molecule has 1 aliphatic rings. The number of Topliss-reactive ketones (excluding diaryl/α,β-unsaturated/α-hetero) is 1. The van der Waals surface area contributed by atoms with Crippen molar-refractivity contribution in [1.82, 2.24) is 0 Å². The molecule has 0 unspecified atom stereocenters. The Morgan fingerprint density at radius 2 is 2.00 bits per heavy atom. The fourth-order valence-corrected chi connectivity index (χ4v) is 3.14. The molecule has 0 saturated heterocycles. The highest BCUT2D eigenvalue weighted by Gasteiger charge is 2.40. The number of ketones is 1. The summed E-state index contributed by atoms with van der Waals surface area (Å²) in [6.45, 7) is 0. The van der Waals surface area contributed by atoms with E-state index < -0.39 is 62.2 Å². The molecular weight excluding hydrogens is 393 g/mol. The largest absolute Gasteiger partial charge is 0.478 e. The quantitative estimate of drug-likeness (QED) is 0.689. The highest BCUT2D eigenvalue weighted by Crippen LogP contribution is 2.33. The summed E-state index contributed by atoms with van der Waals surface area (Å²) in [4.78, 5) is 23.6. The average Bonchev–Trinajstić information content (AvgIpc) is 2.92. The van der Waals surface area contributed by atoms with Crippen LogP contribution in [-0.2, 0) is 29.5 Å². The SMILES string of the molecule is [2H]C([2H])(c1ccccc1)S(=O)(=O)OC1=C(N)O[C@]([2H])(c2ccc(C(=O)O)c(F)c2)C1=O. The number of carbonyl (C=O) groups is 2. The van der Waals surface area contributed by atoms with E-state index in [0.717, 1.165) is 12.1 Å². The lowest BCUT2D eigenvalue weighted by molar-refractivity contribution is -0.123. The summed E-state index contributed by atoms with van der Waals surface area (Å²) in [5, 5.41) is 8.88. The molecule has 0 saturated carbocycles. The lowest BCUT2D eigenvalue weighted by atomic mass is 10.0. The van der Waals surface area contributed by atoms with Gasteiger partial charge in [0, 0.05) is 5.56 Å². The summed E-state index contributed by atoms with van der Waals surface area (Å²) in [5.41, 5.74) is 0.914. The van der Waals surface area contributed by atoms with Crippen molar-refractivity contribution in [3.8, 4) is 0 Å². The van der Waals surface area contributed by atoms with E-state index in [2.05, 4.69) is 4.18 Å². The Morgan fingerprint density at radius 3 is 2.61 bits per heavy atom. The smallest absolute Gasteiger partial charge is 0.338 e. The molecule has 3 rings (SSSR count). The van der Waals surface area contributed by atoms with Gasteiger partial charge in [0.05, 0.1) is 9.68 Å². The molecule has 3 N–H and O–H groups in total. The molecule has 2 aromatic rings. The van der Waals surface area contributed by atoms with Crippen molar-refractivity contribution in [2.24, 2.45) is 5.73 Å². The Kier molecular flexibility index (Phi) is 4.08. The maximum absolute atomic E-state index is 14.0. The van der Waals surface area contributed by atoms with Crippen LogP contribution >= 0.6 is 0 Å². The number of aromatic carboxylic acids is 1. The van der Waals surface area contributed by atoms with Crippen molar-refractivity contribution in [1.29, 1.82) is 0 Å². The number of ether oxygens (including phenoxy) is 1. The fraction of sp³-hybridized carbons (Fsp3) is 0.111. The lowest BCUT2D eigenvalue weighted by Gasteiger charge is -2.11. The van der Waals surface area contributed by atoms with Crippen molar-refractivity contribution in [2.75, 3.05) is 0 Å². The molecule has 1 heterocycles. The van der Waals surface area contributed by atoms with E-state index in [-0.39, 0.29) is 5.56 Å². The van der Waals surface area contributed by atoms with Crippen molar-refractivity contribution in [3.63, 3.8) is 0 Å². The van der Waals surface area contributed by atoms with Gasteiger partial charge in [-0.2, -0.15) is 8.42 Å². The van der Waals surface area contributed by atoms with E-state index in [9.17, 15) is 22.4 Å². The average molecular weight is 410 g/mol. The first kappa shape index (κ1) is 15.6. The fourth-order valence-electron chi connectivity index (χ4n) is 2.30. The van der Waals surface area contributed by atoms with E-state index in [1.165, 1.54) is 30.3 Å². The third-order valence-corrected chi connectivity index (χ3v) is 4.39. The number of nitrogens with two attached hydrogens (primary N) is 1. The van der Waals surface area contributed by atoms with Crippen LogP contribution in [0, 0.1) is 5.82 Å². The molecule has 0 radical (unpaired) electrons. The second-order valence-corrected chi connectivity index (χ2v) is 6.74. The van der Waals surface area contributed by atoms with Crippen molar-refractivity contribution in [3.05, 3.63) is 82.7 Å². The van der Waals surface area contributed by atoms with Gasteiger partial charge in [-0.15, -0.1) is 0 Å². The number of rotatable bonds is 6. The van der Waals surface area contributed by atoms with Gasteiger partial charge in [-0.1, -0.05) is 36.4 Å². The Bertz CT molecular complexity index is 1220. The molecule has 28 heavy (non-hydrogen) atoms. The Hall–Kier alpha value is -3.40. The molecule has 0 spiro atoms. The highest BCUT2D eigenvalue weighted by molar-refractivity contribution is 7.86. The van der Waals surface area contributed by atoms with Crippen LogP contribution in [-0.4, -0.2) is 25.3 Å². The Morgan fingerprint density at radius 1 is 1.32 bits per heavy atom. The maximum Gasteiger partial charge on any atom is 0.338 e. The molecule has 0 bridgehead atoms. The van der Waals surface area contributed by atoms with Gasteiger partial charge in [-0.3, -0.25) is 4.79 Å². The second-order valence-electron chi connectivity index (χ2n) is 5.46. The van der Waals surface area contributed by atoms with Crippen LogP contribution in [0.1, 0.15) is 31.7 Å². The van der Waals surface area contributed by atoms with Gasteiger partial charge in [0.1, 0.15) is 11.5 Å². The van der Waals surface area contributed by atoms with Crippen LogP contribution < -0.4 is 5.73 Å². The van der Waals surface area contributed by atoms with Crippen LogP contribution in [0.3, 0.4) is 0 Å². The monoisotopic (exact) mass is 410 g/mol. The van der Waals surface area contributed by atoms with E-state index in [4.69, 9.17) is 19.7 Å². The molecule has 146 valence electrons. The molecule has 10 heteroatoms. The third-order valence-electron chi connectivity index (χ3n) is 3.52. The van der Waals surface area contributed by atoms with E-state index >= 15 is 0 Å². The van der Waals surface area contributed by atoms with Gasteiger partial charge in [0.15, 0.2) is 6.08 Å². The summed E-state index contributed by atoms with van der Waals surface area (Å²) in [5.74, 6) is -6.39. The molecule has 1 aliphatic heterocycles. The summed E-state index contributed by atoms with van der Waals surface area (Å²) in [6.07, 6.45) is -2.77. The van der Waals surface area contributed by atoms with Crippen LogP contribution in [0.2, 0.25) is 0 Å². The molecule has 0 fully saturated rings. The van der Waals surface area contributed by atoms with Crippen LogP contribution in [0.5, 0.6) is 0 Å². The number of carboxylic acid groups (broad SMARTS) is 1. The van der Waals surface area contributed by atoms with Crippen molar-refractivity contribution in [2.45, 2.75) is 11.8 Å². The second kappa shape index (κ2) is 7.31. The van der Waals surface area contributed by atoms with Gasteiger partial charge in [-0.05, 0) is 17.7 Å². The van der Waals surface area contributed by atoms with E-state index in [1.54, 1.807) is 0 Å². The minimum absolute atomic E-state index is 0.288. The van der Waals surface area contributed by atoms with E-state index in [1.807, 2.05) is 0 Å². The van der Waals surface area contributed by atoms with Crippen LogP contribution in [0.25, 0.3) is 0 Å². The highest BCUT2D eigenvalue weighted by atomic mass is 32.2. The first-order chi connectivity index (χ1) is 14.3. The predicted molar refractivity (Wildman–Crippen MR) is 93.6 cm³/mol. The molecular formula is C18H14FNO7S. The number of benzene rings is 2. The normalized spacial score (nSPS) is 21.5. The standard InChI is InChI=1S/C18H14FNO7S/c19-13-8-11(6-7-12(13)18(22)23)15-14(21)16(17(20)26-15)27-28(24,25)9-10-4-2-1-3-5-10/h1-8,15H,9,20H2,(H,22,23)/t15-/m1/s1/i9D2,15D. The number of hydrogen-bond acceptors (Lipinski definition) is 7. The Labute approximate surface area is 163 Å². The zero-order chi connectivity index (χ0) is 23.2. The van der Waals surface area contributed by atoms with Crippen LogP contribution in [0.15, 0.2) is 60.2 Å². The van der Waals surface area contributed by atoms with Crippen molar-refractivity contribution < 1.29 is 40.5 Å². The first-order valence-electron chi connectivity index (χ1n) is 9.07. The predicted octanol–water partition coefficient (Wildman–Crippen LogP) is 1.84. The number of hydrogen-bond donors (Lipinski definition) is 2. The topological polar surface area (TPSA) is 133 Å². The molecule has 1 atom stereocenters. The van der Waals surface area contributed by atoms with Gasteiger partial charge in [0.25, 0.3) is 0 Å². The molecule has 2 aromatic carbocycles. The van der Waals surface area contributed by atoms with Crippen LogP contribution in [0.4, 0.5) is 4.39 Å². The van der Waals surface area contributed by atoms with Gasteiger partial charge in [-0.25, -0.2) is 9.18 Å².